The average Bonchev–Trinajstić information content (AvgIpc) is 2.43. The van der Waals surface area contributed by atoms with E-state index in [2.05, 4.69) is 5.32 Å². The Labute approximate surface area is 113 Å². The zero-order chi connectivity index (χ0) is 13.7. The highest BCUT2D eigenvalue weighted by Crippen LogP contribution is 2.25. The summed E-state index contributed by atoms with van der Waals surface area (Å²) in [5.74, 6) is 0.740. The summed E-state index contributed by atoms with van der Waals surface area (Å²) in [6, 6.07) is 5.44. The molecule has 4 nitrogen and oxygen atoms in total. The SMILES string of the molecule is CCCNC(=O)COc1ccc2c(c1)CCCC2=O. The van der Waals surface area contributed by atoms with Gasteiger partial charge < -0.3 is 10.1 Å². The number of ether oxygens (including phenoxy) is 1. The fourth-order valence-electron chi connectivity index (χ4n) is 2.18. The zero-order valence-corrected chi connectivity index (χ0v) is 11.2. The summed E-state index contributed by atoms with van der Waals surface area (Å²) in [7, 11) is 0. The quantitative estimate of drug-likeness (QED) is 0.883. The van der Waals surface area contributed by atoms with E-state index in [1.807, 2.05) is 13.0 Å². The van der Waals surface area contributed by atoms with E-state index >= 15 is 0 Å². The number of carbonyl (C=O) groups excluding carboxylic acids is 2. The second-order valence-corrected chi connectivity index (χ2v) is 4.73. The van der Waals surface area contributed by atoms with Crippen LogP contribution in [0.25, 0.3) is 0 Å². The third-order valence-corrected chi connectivity index (χ3v) is 3.17. The summed E-state index contributed by atoms with van der Waals surface area (Å²) in [4.78, 5) is 23.1. The Morgan fingerprint density at radius 2 is 2.21 bits per heavy atom. The molecule has 19 heavy (non-hydrogen) atoms. The van der Waals surface area contributed by atoms with E-state index in [-0.39, 0.29) is 18.3 Å². The van der Waals surface area contributed by atoms with Crippen LogP contribution in [-0.2, 0) is 11.2 Å². The fraction of sp³-hybridized carbons (Fsp3) is 0.467. The van der Waals surface area contributed by atoms with Crippen molar-refractivity contribution < 1.29 is 14.3 Å². The molecule has 1 aromatic rings. The van der Waals surface area contributed by atoms with Crippen molar-refractivity contribution in [1.29, 1.82) is 0 Å². The highest BCUT2D eigenvalue weighted by atomic mass is 16.5. The topological polar surface area (TPSA) is 55.4 Å². The molecular weight excluding hydrogens is 242 g/mol. The maximum absolute atomic E-state index is 11.7. The van der Waals surface area contributed by atoms with Crippen LogP contribution in [0.2, 0.25) is 0 Å². The van der Waals surface area contributed by atoms with Crippen molar-refractivity contribution in [2.24, 2.45) is 0 Å². The minimum Gasteiger partial charge on any atom is -0.484 e. The maximum atomic E-state index is 11.7. The van der Waals surface area contributed by atoms with Crippen LogP contribution in [0.3, 0.4) is 0 Å². The van der Waals surface area contributed by atoms with Crippen molar-refractivity contribution in [1.82, 2.24) is 5.32 Å². The van der Waals surface area contributed by atoms with Crippen molar-refractivity contribution in [2.45, 2.75) is 32.6 Å². The van der Waals surface area contributed by atoms with Crippen LogP contribution in [-0.4, -0.2) is 24.8 Å². The third-order valence-electron chi connectivity index (χ3n) is 3.17. The molecule has 0 unspecified atom stereocenters. The van der Waals surface area contributed by atoms with Gasteiger partial charge in [-0.05, 0) is 43.0 Å². The molecule has 0 radical (unpaired) electrons. The Kier molecular flexibility index (Phi) is 4.55. The number of benzene rings is 1. The van der Waals surface area contributed by atoms with Crippen LogP contribution in [0.1, 0.15) is 42.1 Å². The predicted molar refractivity (Wildman–Crippen MR) is 72.5 cm³/mol. The Hall–Kier alpha value is -1.84. The van der Waals surface area contributed by atoms with Gasteiger partial charge in [-0.15, -0.1) is 0 Å². The first-order valence-corrected chi connectivity index (χ1v) is 6.76. The molecule has 0 fully saturated rings. The van der Waals surface area contributed by atoms with Crippen molar-refractivity contribution in [3.63, 3.8) is 0 Å². The van der Waals surface area contributed by atoms with Gasteiger partial charge in [-0.25, -0.2) is 0 Å². The molecule has 1 aromatic carbocycles. The number of Topliss-reactive ketones (excluding diaryl/α,β-unsaturated/α-hetero) is 1. The van der Waals surface area contributed by atoms with Gasteiger partial charge in [0.05, 0.1) is 0 Å². The minimum absolute atomic E-state index is 0.0206. The van der Waals surface area contributed by atoms with Gasteiger partial charge in [0.15, 0.2) is 12.4 Å². The largest absolute Gasteiger partial charge is 0.484 e. The molecule has 102 valence electrons. The lowest BCUT2D eigenvalue weighted by Crippen LogP contribution is -2.29. The molecular formula is C15H19NO3. The first-order valence-electron chi connectivity index (χ1n) is 6.76. The van der Waals surface area contributed by atoms with Crippen LogP contribution in [0.4, 0.5) is 0 Å². The molecule has 0 heterocycles. The van der Waals surface area contributed by atoms with Gasteiger partial charge in [-0.2, -0.15) is 0 Å². The lowest BCUT2D eigenvalue weighted by atomic mass is 9.91. The van der Waals surface area contributed by atoms with Crippen molar-refractivity contribution >= 4 is 11.7 Å². The number of hydrogen-bond donors (Lipinski definition) is 1. The summed E-state index contributed by atoms with van der Waals surface area (Å²) in [6.07, 6.45) is 3.34. The van der Waals surface area contributed by atoms with Crippen LogP contribution in [0.15, 0.2) is 18.2 Å². The normalized spacial score (nSPS) is 13.8. The van der Waals surface area contributed by atoms with Gasteiger partial charge in [0.25, 0.3) is 5.91 Å². The molecule has 0 spiro atoms. The number of hydrogen-bond acceptors (Lipinski definition) is 3. The number of ketones is 1. The highest BCUT2D eigenvalue weighted by Gasteiger charge is 2.17. The van der Waals surface area contributed by atoms with Crippen LogP contribution < -0.4 is 10.1 Å². The first kappa shape index (κ1) is 13.6. The van der Waals surface area contributed by atoms with E-state index in [1.54, 1.807) is 12.1 Å². The fourth-order valence-corrected chi connectivity index (χ4v) is 2.18. The molecule has 0 saturated carbocycles. The van der Waals surface area contributed by atoms with E-state index in [0.29, 0.717) is 18.7 Å². The molecule has 0 bridgehead atoms. The standard InChI is InChI=1S/C15H19NO3/c1-2-8-16-15(18)10-19-12-6-7-13-11(9-12)4-3-5-14(13)17/h6-7,9H,2-5,8,10H2,1H3,(H,16,18). The molecule has 0 saturated heterocycles. The smallest absolute Gasteiger partial charge is 0.257 e. The first-order chi connectivity index (χ1) is 9.20. The minimum atomic E-state index is -0.115. The number of aryl methyl sites for hydroxylation is 1. The molecule has 4 heteroatoms. The summed E-state index contributed by atoms with van der Waals surface area (Å²) < 4.78 is 5.44. The second kappa shape index (κ2) is 6.36. The molecule has 2 rings (SSSR count). The Bertz CT molecular complexity index is 482. The Morgan fingerprint density at radius 1 is 1.37 bits per heavy atom. The Morgan fingerprint density at radius 3 is 3.00 bits per heavy atom. The summed E-state index contributed by atoms with van der Waals surface area (Å²) in [5, 5.41) is 2.75. The van der Waals surface area contributed by atoms with E-state index in [1.165, 1.54) is 0 Å². The lowest BCUT2D eigenvalue weighted by Gasteiger charge is -2.15. The van der Waals surface area contributed by atoms with Crippen LogP contribution in [0, 0.1) is 0 Å². The predicted octanol–water partition coefficient (Wildman–Crippen LogP) is 2.11. The van der Waals surface area contributed by atoms with Crippen molar-refractivity contribution in [3.8, 4) is 5.75 Å². The number of fused-ring (bicyclic) bond motifs is 1. The lowest BCUT2D eigenvalue weighted by molar-refractivity contribution is -0.123. The van der Waals surface area contributed by atoms with E-state index in [4.69, 9.17) is 4.74 Å². The van der Waals surface area contributed by atoms with E-state index < -0.39 is 0 Å². The summed E-state index contributed by atoms with van der Waals surface area (Å²) >= 11 is 0. The molecule has 0 aromatic heterocycles. The van der Waals surface area contributed by atoms with Gasteiger partial charge >= 0.3 is 0 Å². The zero-order valence-electron chi connectivity index (χ0n) is 11.2. The molecule has 0 atom stereocenters. The number of rotatable bonds is 5. The number of carbonyl (C=O) groups is 2. The molecule has 0 aliphatic heterocycles. The monoisotopic (exact) mass is 261 g/mol. The number of amides is 1. The summed E-state index contributed by atoms with van der Waals surface area (Å²) in [5.41, 5.74) is 1.83. The molecule has 1 aliphatic carbocycles. The van der Waals surface area contributed by atoms with Gasteiger partial charge in [0, 0.05) is 18.5 Å². The Balaban J connectivity index is 1.95. The van der Waals surface area contributed by atoms with Gasteiger partial charge in [0.1, 0.15) is 5.75 Å². The molecule has 1 amide bonds. The second-order valence-electron chi connectivity index (χ2n) is 4.73. The maximum Gasteiger partial charge on any atom is 0.257 e. The average molecular weight is 261 g/mol. The number of nitrogens with one attached hydrogen (secondary N) is 1. The van der Waals surface area contributed by atoms with Gasteiger partial charge in [0.2, 0.25) is 0 Å². The van der Waals surface area contributed by atoms with Crippen LogP contribution in [0.5, 0.6) is 5.75 Å². The van der Waals surface area contributed by atoms with Crippen molar-refractivity contribution in [3.05, 3.63) is 29.3 Å². The highest BCUT2D eigenvalue weighted by molar-refractivity contribution is 5.98. The van der Waals surface area contributed by atoms with Gasteiger partial charge in [-0.3, -0.25) is 9.59 Å². The van der Waals surface area contributed by atoms with Crippen molar-refractivity contribution in [2.75, 3.05) is 13.2 Å². The molecule has 1 N–H and O–H groups in total. The van der Waals surface area contributed by atoms with Crippen LogP contribution >= 0.6 is 0 Å². The third kappa shape index (κ3) is 3.56. The van der Waals surface area contributed by atoms with E-state index in [9.17, 15) is 9.59 Å². The van der Waals surface area contributed by atoms with E-state index in [0.717, 1.165) is 30.4 Å². The summed E-state index contributed by atoms with van der Waals surface area (Å²) in [6.45, 7) is 2.69. The van der Waals surface area contributed by atoms with Gasteiger partial charge in [-0.1, -0.05) is 6.92 Å². The molecule has 1 aliphatic rings.